The lowest BCUT2D eigenvalue weighted by atomic mass is 9.97. The highest BCUT2D eigenvalue weighted by Gasteiger charge is 2.91. The van der Waals surface area contributed by atoms with Gasteiger partial charge in [-0.15, -0.1) is 23.5 Å². The number of unbranched alkanes of at least 4 members (excludes halogenated alkanes) is 2. The standard InChI is InChI=1S/C21H24Cl2N4S2/c1-3-5-9-28-21(29-10-6-4-2)20(13-25)17(19(20,12-24)18(26)27-21)14-7-8-15(22)16(23)11-14/h7-8,11,17H,3-6,9-10H2,1-2H3,(H2,26,27). The zero-order valence-electron chi connectivity index (χ0n) is 16.5. The van der Waals surface area contributed by atoms with Crippen molar-refractivity contribution in [2.75, 3.05) is 11.5 Å². The van der Waals surface area contributed by atoms with Crippen LogP contribution in [0.15, 0.2) is 23.2 Å². The van der Waals surface area contributed by atoms with Gasteiger partial charge in [0.15, 0.2) is 4.20 Å². The summed E-state index contributed by atoms with van der Waals surface area (Å²) < 4.78 is -0.789. The van der Waals surface area contributed by atoms with Crippen LogP contribution in [-0.2, 0) is 0 Å². The molecule has 0 amide bonds. The molecule has 1 aliphatic carbocycles. The number of halogens is 2. The molecule has 0 saturated heterocycles. The minimum Gasteiger partial charge on any atom is -0.386 e. The molecule has 1 heterocycles. The number of nitrogens with two attached hydrogens (primary N) is 1. The third-order valence-electron chi connectivity index (χ3n) is 5.80. The van der Waals surface area contributed by atoms with Gasteiger partial charge in [-0.3, -0.25) is 0 Å². The van der Waals surface area contributed by atoms with Crippen LogP contribution >= 0.6 is 46.7 Å². The van der Waals surface area contributed by atoms with E-state index < -0.39 is 15.0 Å². The zero-order valence-corrected chi connectivity index (χ0v) is 19.7. The van der Waals surface area contributed by atoms with Crippen LogP contribution in [0.3, 0.4) is 0 Å². The van der Waals surface area contributed by atoms with E-state index in [-0.39, 0.29) is 11.8 Å². The first-order valence-corrected chi connectivity index (χ1v) is 12.5. The summed E-state index contributed by atoms with van der Waals surface area (Å²) in [6.07, 6.45) is 4.16. The first-order valence-electron chi connectivity index (χ1n) is 9.81. The average molecular weight is 467 g/mol. The minimum atomic E-state index is -1.13. The number of benzene rings is 1. The van der Waals surface area contributed by atoms with E-state index in [1.165, 1.54) is 0 Å². The Kier molecular flexibility index (Phi) is 6.71. The van der Waals surface area contributed by atoms with E-state index in [4.69, 9.17) is 33.9 Å². The Hall–Kier alpha value is -1.05. The van der Waals surface area contributed by atoms with Crippen molar-refractivity contribution in [3.05, 3.63) is 33.8 Å². The molecule has 3 atom stereocenters. The van der Waals surface area contributed by atoms with Crippen molar-refractivity contribution >= 4 is 52.6 Å². The maximum absolute atomic E-state index is 10.5. The maximum atomic E-state index is 10.5. The molecule has 2 N–H and O–H groups in total. The van der Waals surface area contributed by atoms with Gasteiger partial charge in [0.05, 0.1) is 22.2 Å². The van der Waals surface area contributed by atoms with Crippen LogP contribution in [0, 0.1) is 33.5 Å². The van der Waals surface area contributed by atoms with Gasteiger partial charge < -0.3 is 5.73 Å². The molecule has 2 aliphatic rings. The second kappa shape index (κ2) is 8.60. The molecular formula is C21H24Cl2N4S2. The molecule has 1 aromatic rings. The highest BCUT2D eigenvalue weighted by molar-refractivity contribution is 8.18. The smallest absolute Gasteiger partial charge is 0.175 e. The van der Waals surface area contributed by atoms with Gasteiger partial charge in [-0.1, -0.05) is 56.0 Å². The molecule has 4 nitrogen and oxygen atoms in total. The van der Waals surface area contributed by atoms with E-state index in [9.17, 15) is 10.5 Å². The average Bonchev–Trinajstić information content (AvgIpc) is 3.29. The van der Waals surface area contributed by atoms with E-state index in [2.05, 4.69) is 26.0 Å². The van der Waals surface area contributed by atoms with Crippen LogP contribution in [0.1, 0.15) is 51.0 Å². The Morgan fingerprint density at radius 1 is 1.07 bits per heavy atom. The zero-order chi connectivity index (χ0) is 21.3. The monoisotopic (exact) mass is 466 g/mol. The summed E-state index contributed by atoms with van der Waals surface area (Å²) in [5.74, 6) is 1.63. The van der Waals surface area contributed by atoms with Gasteiger partial charge >= 0.3 is 0 Å². The van der Waals surface area contributed by atoms with Crippen molar-refractivity contribution in [2.45, 2.75) is 49.7 Å². The Labute approximate surface area is 191 Å². The molecule has 3 rings (SSSR count). The van der Waals surface area contributed by atoms with E-state index in [0.29, 0.717) is 10.0 Å². The summed E-state index contributed by atoms with van der Waals surface area (Å²) in [6.45, 7) is 4.28. The topological polar surface area (TPSA) is 86.0 Å². The number of fused-ring (bicyclic) bond motifs is 1. The first kappa shape index (κ1) is 22.6. The number of aliphatic imine (C=N–C) groups is 1. The summed E-state index contributed by atoms with van der Waals surface area (Å²) in [5.41, 5.74) is 5.06. The second-order valence-electron chi connectivity index (χ2n) is 7.43. The van der Waals surface area contributed by atoms with Crippen molar-refractivity contribution in [3.8, 4) is 12.1 Å². The van der Waals surface area contributed by atoms with Crippen molar-refractivity contribution in [2.24, 2.45) is 21.6 Å². The van der Waals surface area contributed by atoms with Gasteiger partial charge in [-0.05, 0) is 42.0 Å². The Balaban J connectivity index is 2.11. The van der Waals surface area contributed by atoms with Crippen LogP contribution in [0.5, 0.6) is 0 Å². The molecule has 1 fully saturated rings. The first-order chi connectivity index (χ1) is 13.9. The number of nitrogens with zero attached hydrogens (tertiary/aromatic N) is 3. The van der Waals surface area contributed by atoms with E-state index in [1.54, 1.807) is 35.7 Å². The van der Waals surface area contributed by atoms with E-state index in [0.717, 1.165) is 42.8 Å². The predicted molar refractivity (Wildman–Crippen MR) is 124 cm³/mol. The summed E-state index contributed by atoms with van der Waals surface area (Å²) in [7, 11) is 0. The fourth-order valence-corrected chi connectivity index (χ4v) is 8.25. The number of rotatable bonds is 9. The molecule has 29 heavy (non-hydrogen) atoms. The van der Waals surface area contributed by atoms with E-state index >= 15 is 0 Å². The van der Waals surface area contributed by atoms with Gasteiger partial charge in [-0.2, -0.15) is 10.5 Å². The quantitative estimate of drug-likeness (QED) is 0.345. The number of nitriles is 2. The molecule has 0 bridgehead atoms. The Morgan fingerprint density at radius 2 is 1.69 bits per heavy atom. The number of hydrogen-bond donors (Lipinski definition) is 1. The number of hydrogen-bond acceptors (Lipinski definition) is 6. The van der Waals surface area contributed by atoms with Gasteiger partial charge in [-0.25, -0.2) is 4.99 Å². The van der Waals surface area contributed by atoms with Gasteiger partial charge in [0, 0.05) is 5.92 Å². The summed E-state index contributed by atoms with van der Waals surface area (Å²) >= 11 is 15.7. The molecule has 0 aromatic heterocycles. The maximum Gasteiger partial charge on any atom is 0.175 e. The summed E-state index contributed by atoms with van der Waals surface area (Å²) in [5, 5.41) is 21.6. The molecule has 8 heteroatoms. The molecule has 1 saturated carbocycles. The fourth-order valence-electron chi connectivity index (χ4n) is 4.26. The van der Waals surface area contributed by atoms with Gasteiger partial charge in [0.1, 0.15) is 16.7 Å². The molecule has 0 radical (unpaired) electrons. The second-order valence-corrected chi connectivity index (χ2v) is 11.1. The van der Waals surface area contributed by atoms with Crippen LogP contribution in [-0.4, -0.2) is 21.5 Å². The molecular weight excluding hydrogens is 443 g/mol. The van der Waals surface area contributed by atoms with Crippen LogP contribution < -0.4 is 5.73 Å². The lowest BCUT2D eigenvalue weighted by Gasteiger charge is -2.32. The van der Waals surface area contributed by atoms with Gasteiger partial charge in [0.25, 0.3) is 0 Å². The largest absolute Gasteiger partial charge is 0.386 e. The lowest BCUT2D eigenvalue weighted by Crippen LogP contribution is -2.32. The van der Waals surface area contributed by atoms with Crippen molar-refractivity contribution in [3.63, 3.8) is 0 Å². The van der Waals surface area contributed by atoms with Crippen molar-refractivity contribution in [1.29, 1.82) is 10.5 Å². The van der Waals surface area contributed by atoms with Gasteiger partial charge in [0.2, 0.25) is 0 Å². The molecule has 1 aliphatic heterocycles. The Morgan fingerprint density at radius 3 is 2.17 bits per heavy atom. The normalized spacial score (nSPS) is 28.9. The molecule has 0 spiro atoms. The third-order valence-corrected chi connectivity index (χ3v) is 9.84. The highest BCUT2D eigenvalue weighted by atomic mass is 35.5. The minimum absolute atomic E-state index is 0.269. The summed E-state index contributed by atoms with van der Waals surface area (Å²) in [6, 6.07) is 10.2. The van der Waals surface area contributed by atoms with E-state index in [1.807, 2.05) is 6.07 Å². The van der Waals surface area contributed by atoms with Crippen LogP contribution in [0.4, 0.5) is 0 Å². The van der Waals surface area contributed by atoms with Crippen molar-refractivity contribution < 1.29 is 0 Å². The molecule has 1 aromatic carbocycles. The SMILES string of the molecule is CCCCSC1(SCCCC)N=C(N)C2(C#N)C(c3ccc(Cl)c(Cl)c3)C12C#N. The van der Waals surface area contributed by atoms with Crippen LogP contribution in [0.25, 0.3) is 0 Å². The molecule has 154 valence electrons. The predicted octanol–water partition coefficient (Wildman–Crippen LogP) is 6.20. The summed E-state index contributed by atoms with van der Waals surface area (Å²) in [4.78, 5) is 4.81. The number of thioether (sulfide) groups is 2. The fraction of sp³-hybridized carbons (Fsp3) is 0.571. The lowest BCUT2D eigenvalue weighted by molar-refractivity contribution is 0.562. The van der Waals surface area contributed by atoms with Crippen molar-refractivity contribution in [1.82, 2.24) is 0 Å². The molecule has 3 unspecified atom stereocenters. The number of amidine groups is 1. The highest BCUT2D eigenvalue weighted by Crippen LogP contribution is 2.85. The Bertz CT molecular complexity index is 897. The van der Waals surface area contributed by atoms with Crippen LogP contribution in [0.2, 0.25) is 10.0 Å². The third kappa shape index (κ3) is 3.15.